The molecule has 0 radical (unpaired) electrons. The molecule has 0 spiro atoms. The van der Waals surface area contributed by atoms with Gasteiger partial charge in [-0.1, -0.05) is 31.9 Å². The number of ether oxygens (including phenoxy) is 1. The third-order valence-electron chi connectivity index (χ3n) is 3.70. The number of carbonyl (C=O) groups excluding carboxylic acids is 1. The lowest BCUT2D eigenvalue weighted by Gasteiger charge is -2.24. The van der Waals surface area contributed by atoms with Crippen LogP contribution in [0.1, 0.15) is 19.3 Å². The average Bonchev–Trinajstić information content (AvgIpc) is 2.60. The van der Waals surface area contributed by atoms with Crippen molar-refractivity contribution >= 4 is 55.6 Å². The lowest BCUT2D eigenvalue weighted by Crippen LogP contribution is -2.42. The number of aliphatic carboxylic acids is 2. The molecule has 0 fully saturated rings. The van der Waals surface area contributed by atoms with E-state index < -0.39 is 41.5 Å². The quantitative estimate of drug-likeness (QED) is 0.345. The Morgan fingerprint density at radius 2 is 1.66 bits per heavy atom. The molecule has 0 aliphatic carbocycles. The SMILES string of the molecule is O=C(O)CCC[C@H](NC(=O)Oc1cc(F)c(N(CCBr)CCBr)c(F)c1)C(=O)O. The fourth-order valence-electron chi connectivity index (χ4n) is 2.44. The number of alkyl halides is 2. The molecule has 0 aliphatic rings. The van der Waals surface area contributed by atoms with Gasteiger partial charge in [-0.3, -0.25) is 4.79 Å². The highest BCUT2D eigenvalue weighted by atomic mass is 79.9. The molecule has 0 aliphatic heterocycles. The van der Waals surface area contributed by atoms with Crippen molar-refractivity contribution in [3.63, 3.8) is 0 Å². The Labute approximate surface area is 182 Å². The zero-order valence-electron chi connectivity index (χ0n) is 15.2. The molecule has 1 rings (SSSR count). The van der Waals surface area contributed by atoms with Gasteiger partial charge in [0.15, 0.2) is 11.6 Å². The molecule has 0 saturated heterocycles. The molecule has 3 N–H and O–H groups in total. The molecule has 29 heavy (non-hydrogen) atoms. The minimum absolute atomic E-state index is 0.0154. The fourth-order valence-corrected chi connectivity index (χ4v) is 3.29. The van der Waals surface area contributed by atoms with Crippen LogP contribution in [0.25, 0.3) is 0 Å². The summed E-state index contributed by atoms with van der Waals surface area (Å²) >= 11 is 6.43. The lowest BCUT2D eigenvalue weighted by molar-refractivity contribution is -0.140. The molecule has 0 aromatic heterocycles. The van der Waals surface area contributed by atoms with Gasteiger partial charge >= 0.3 is 18.0 Å². The summed E-state index contributed by atoms with van der Waals surface area (Å²) in [5.41, 5.74) is -0.270. The number of amides is 1. The molecule has 8 nitrogen and oxygen atoms in total. The number of halogens is 4. The van der Waals surface area contributed by atoms with Gasteiger partial charge in [0.2, 0.25) is 0 Å². The number of anilines is 1. The smallest absolute Gasteiger partial charge is 0.413 e. The molecule has 1 aromatic carbocycles. The average molecular weight is 546 g/mol. The number of nitrogens with one attached hydrogen (secondary N) is 1. The Hall–Kier alpha value is -1.95. The summed E-state index contributed by atoms with van der Waals surface area (Å²) in [6.07, 6.45) is -1.62. The zero-order valence-corrected chi connectivity index (χ0v) is 18.3. The molecule has 0 unspecified atom stereocenters. The Morgan fingerprint density at radius 3 is 2.10 bits per heavy atom. The number of rotatable bonds is 12. The molecule has 0 saturated carbocycles. The van der Waals surface area contributed by atoms with E-state index in [1.165, 1.54) is 4.90 Å². The summed E-state index contributed by atoms with van der Waals surface area (Å²) in [4.78, 5) is 35.0. The summed E-state index contributed by atoms with van der Waals surface area (Å²) < 4.78 is 33.6. The lowest BCUT2D eigenvalue weighted by atomic mass is 10.1. The normalized spacial score (nSPS) is 11.6. The highest BCUT2D eigenvalue weighted by Crippen LogP contribution is 2.28. The van der Waals surface area contributed by atoms with E-state index in [9.17, 15) is 23.2 Å². The van der Waals surface area contributed by atoms with Crippen molar-refractivity contribution in [3.05, 3.63) is 23.8 Å². The van der Waals surface area contributed by atoms with Crippen LogP contribution in [0.4, 0.5) is 19.3 Å². The second-order valence-electron chi connectivity index (χ2n) is 5.81. The van der Waals surface area contributed by atoms with Crippen molar-refractivity contribution in [2.24, 2.45) is 0 Å². The van der Waals surface area contributed by atoms with E-state index >= 15 is 0 Å². The summed E-state index contributed by atoms with van der Waals surface area (Å²) in [6, 6.07) is 0.255. The van der Waals surface area contributed by atoms with Crippen LogP contribution in [-0.2, 0) is 9.59 Å². The second-order valence-corrected chi connectivity index (χ2v) is 7.40. The van der Waals surface area contributed by atoms with Crippen LogP contribution in [0.15, 0.2) is 12.1 Å². The number of carboxylic acids is 2. The van der Waals surface area contributed by atoms with E-state index in [4.69, 9.17) is 14.9 Å². The molecule has 0 heterocycles. The van der Waals surface area contributed by atoms with Gasteiger partial charge in [-0.05, 0) is 12.8 Å². The van der Waals surface area contributed by atoms with E-state index in [2.05, 4.69) is 31.9 Å². The van der Waals surface area contributed by atoms with Crippen molar-refractivity contribution in [1.82, 2.24) is 5.32 Å². The van der Waals surface area contributed by atoms with Crippen molar-refractivity contribution in [3.8, 4) is 5.75 Å². The molecule has 0 bridgehead atoms. The van der Waals surface area contributed by atoms with Crippen LogP contribution in [0.2, 0.25) is 0 Å². The molecular weight excluding hydrogens is 526 g/mol. The first-order chi connectivity index (χ1) is 13.7. The summed E-state index contributed by atoms with van der Waals surface area (Å²) in [5.74, 6) is -4.80. The number of benzene rings is 1. The van der Waals surface area contributed by atoms with E-state index in [0.717, 1.165) is 12.1 Å². The third kappa shape index (κ3) is 8.52. The zero-order chi connectivity index (χ0) is 22.0. The van der Waals surface area contributed by atoms with Gasteiger partial charge in [-0.15, -0.1) is 0 Å². The highest BCUT2D eigenvalue weighted by Gasteiger charge is 2.23. The number of carbonyl (C=O) groups is 3. The highest BCUT2D eigenvalue weighted by molar-refractivity contribution is 9.09. The number of hydrogen-bond acceptors (Lipinski definition) is 5. The van der Waals surface area contributed by atoms with Crippen LogP contribution in [0, 0.1) is 11.6 Å². The van der Waals surface area contributed by atoms with E-state index in [0.29, 0.717) is 23.7 Å². The minimum Gasteiger partial charge on any atom is -0.481 e. The molecule has 12 heteroatoms. The van der Waals surface area contributed by atoms with Gasteiger partial charge in [0.05, 0.1) is 0 Å². The first-order valence-electron chi connectivity index (χ1n) is 8.48. The van der Waals surface area contributed by atoms with E-state index in [1.54, 1.807) is 0 Å². The van der Waals surface area contributed by atoms with Crippen molar-refractivity contribution in [1.29, 1.82) is 0 Å². The van der Waals surface area contributed by atoms with E-state index in [1.807, 2.05) is 5.32 Å². The van der Waals surface area contributed by atoms with Gasteiger partial charge in [-0.25, -0.2) is 18.4 Å². The monoisotopic (exact) mass is 544 g/mol. The summed E-state index contributed by atoms with van der Waals surface area (Å²) in [6.45, 7) is 0.688. The van der Waals surface area contributed by atoms with Crippen LogP contribution in [0.5, 0.6) is 5.75 Å². The minimum atomic E-state index is -1.40. The van der Waals surface area contributed by atoms with Crippen molar-refractivity contribution < 1.29 is 38.1 Å². The van der Waals surface area contributed by atoms with E-state index in [-0.39, 0.29) is 24.9 Å². The number of hydrogen-bond donors (Lipinski definition) is 3. The van der Waals surface area contributed by atoms with Gasteiger partial charge in [0.1, 0.15) is 17.5 Å². The largest absolute Gasteiger partial charge is 0.481 e. The standard InChI is InChI=1S/C17H20Br2F2N2O6/c18-4-6-23(7-5-19)15-11(20)8-10(9-12(15)21)29-17(28)22-13(16(26)27)2-1-3-14(24)25/h8-9,13H,1-7H2,(H,22,28)(H,24,25)(H,26,27)/t13-/m0/s1. The van der Waals surface area contributed by atoms with Gasteiger partial charge in [0.25, 0.3) is 0 Å². The predicted molar refractivity (Wildman–Crippen MR) is 108 cm³/mol. The first kappa shape index (κ1) is 25.1. The fraction of sp³-hybridized carbons (Fsp3) is 0.471. The van der Waals surface area contributed by atoms with Crippen LogP contribution in [-0.4, -0.2) is 58.0 Å². The second kappa shape index (κ2) is 12.6. The Bertz CT molecular complexity index is 709. The van der Waals surface area contributed by atoms with Crippen molar-refractivity contribution in [2.75, 3.05) is 28.6 Å². The Balaban J connectivity index is 2.85. The van der Waals surface area contributed by atoms with Gasteiger partial charge in [0, 0.05) is 42.3 Å². The van der Waals surface area contributed by atoms with Crippen LogP contribution >= 0.6 is 31.9 Å². The maximum atomic E-state index is 14.4. The van der Waals surface area contributed by atoms with Gasteiger partial charge < -0.3 is 25.2 Å². The molecule has 162 valence electrons. The molecule has 1 amide bonds. The van der Waals surface area contributed by atoms with Gasteiger partial charge in [-0.2, -0.15) is 0 Å². The number of carboxylic acid groups (broad SMARTS) is 2. The summed E-state index contributed by atoms with van der Waals surface area (Å²) in [5, 5.41) is 20.7. The summed E-state index contributed by atoms with van der Waals surface area (Å²) in [7, 11) is 0. The van der Waals surface area contributed by atoms with Crippen molar-refractivity contribution in [2.45, 2.75) is 25.3 Å². The molecular formula is C17H20Br2F2N2O6. The maximum Gasteiger partial charge on any atom is 0.413 e. The predicted octanol–water partition coefficient (Wildman–Crippen LogP) is 3.36. The molecule has 1 atom stereocenters. The first-order valence-corrected chi connectivity index (χ1v) is 10.7. The Morgan fingerprint density at radius 1 is 1.10 bits per heavy atom. The topological polar surface area (TPSA) is 116 Å². The van der Waals surface area contributed by atoms with Crippen LogP contribution in [0.3, 0.4) is 0 Å². The Kier molecular flexibility index (Phi) is 10.9. The molecule has 1 aromatic rings. The van der Waals surface area contributed by atoms with Crippen LogP contribution < -0.4 is 15.0 Å². The third-order valence-corrected chi connectivity index (χ3v) is 4.41. The maximum absolute atomic E-state index is 14.4. The number of nitrogens with zero attached hydrogens (tertiary/aromatic N) is 1.